The maximum Gasteiger partial charge on any atom is 0.192 e. The van der Waals surface area contributed by atoms with Crippen molar-refractivity contribution in [2.75, 3.05) is 7.11 Å². The SMILES string of the molecule is C=CC12CCc3cc(OC)ccc3[C@H]1[C@@H](CCCCC(C)(C)O)C[C@]1(C)[C@@H](O[Si](C)(C)C(C)(C)C)CC[C@@H]21. The lowest BCUT2D eigenvalue weighted by molar-refractivity contribution is -0.0774. The van der Waals surface area contributed by atoms with Gasteiger partial charge in [-0.05, 0) is 129 Å². The van der Waals surface area contributed by atoms with Crippen molar-refractivity contribution < 1.29 is 14.3 Å². The minimum absolute atomic E-state index is 0.112. The number of fused-ring (bicyclic) bond motifs is 5. The summed E-state index contributed by atoms with van der Waals surface area (Å²) in [6, 6.07) is 6.84. The van der Waals surface area contributed by atoms with E-state index in [1.54, 1.807) is 12.7 Å². The summed E-state index contributed by atoms with van der Waals surface area (Å²) in [7, 11) is -0.106. The molecule has 214 valence electrons. The minimum atomic E-state index is -1.88. The van der Waals surface area contributed by atoms with E-state index in [4.69, 9.17) is 9.16 Å². The molecule has 1 aromatic rings. The number of benzene rings is 1. The normalized spacial score (nSPS) is 33.3. The summed E-state index contributed by atoms with van der Waals surface area (Å²) in [5.41, 5.74) is 2.71. The quantitative estimate of drug-likeness (QED) is 0.193. The first-order valence-corrected chi connectivity index (χ1v) is 18.2. The van der Waals surface area contributed by atoms with Crippen LogP contribution in [0.15, 0.2) is 30.9 Å². The molecule has 3 aliphatic carbocycles. The van der Waals surface area contributed by atoms with Crippen molar-refractivity contribution in [1.82, 2.24) is 0 Å². The third kappa shape index (κ3) is 5.31. The van der Waals surface area contributed by atoms with Gasteiger partial charge in [0.15, 0.2) is 8.32 Å². The van der Waals surface area contributed by atoms with Crippen molar-refractivity contribution in [3.05, 3.63) is 42.0 Å². The van der Waals surface area contributed by atoms with E-state index in [0.29, 0.717) is 23.9 Å². The van der Waals surface area contributed by atoms with Crippen molar-refractivity contribution >= 4 is 8.32 Å². The standard InChI is InChI=1S/C34H56O3Si/c1-11-34-21-19-24-22-26(36-8)15-16-27(24)30(34)25(14-12-13-20-32(5,6)35)23-33(7)28(34)17-18-29(33)37-38(9,10)31(2,3)4/h11,15-16,22,25,28-30,35H,1,12-14,17-21,23H2,2-10H3/t25-,28+,29-,30+,33-,34?/m0/s1. The summed E-state index contributed by atoms with van der Waals surface area (Å²) < 4.78 is 12.9. The van der Waals surface area contributed by atoms with Crippen LogP contribution in [-0.2, 0) is 10.8 Å². The van der Waals surface area contributed by atoms with Gasteiger partial charge in [0, 0.05) is 0 Å². The molecule has 6 atom stereocenters. The fourth-order valence-corrected chi connectivity index (χ4v) is 9.93. The number of allylic oxidation sites excluding steroid dienone is 1. The maximum atomic E-state index is 10.3. The van der Waals surface area contributed by atoms with E-state index in [9.17, 15) is 5.11 Å². The van der Waals surface area contributed by atoms with E-state index in [2.05, 4.69) is 71.6 Å². The number of unbranched alkanes of at least 4 members (excludes halogenated alkanes) is 1. The van der Waals surface area contributed by atoms with Crippen LogP contribution in [0.4, 0.5) is 0 Å². The third-order valence-electron chi connectivity index (χ3n) is 11.4. The number of hydrogen-bond donors (Lipinski definition) is 1. The number of hydrogen-bond acceptors (Lipinski definition) is 3. The predicted molar refractivity (Wildman–Crippen MR) is 162 cm³/mol. The molecule has 2 saturated carbocycles. The molecular formula is C34H56O3Si. The summed E-state index contributed by atoms with van der Waals surface area (Å²) in [5, 5.41) is 10.6. The zero-order valence-electron chi connectivity index (χ0n) is 26.0. The summed E-state index contributed by atoms with van der Waals surface area (Å²) in [6.45, 7) is 23.0. The molecular weight excluding hydrogens is 484 g/mol. The van der Waals surface area contributed by atoms with Gasteiger partial charge in [-0.3, -0.25) is 0 Å². The van der Waals surface area contributed by atoms with E-state index >= 15 is 0 Å². The monoisotopic (exact) mass is 540 g/mol. The van der Waals surface area contributed by atoms with E-state index in [0.717, 1.165) is 25.0 Å². The van der Waals surface area contributed by atoms with Crippen LogP contribution >= 0.6 is 0 Å². The number of methoxy groups -OCH3 is 1. The van der Waals surface area contributed by atoms with Crippen LogP contribution in [0.3, 0.4) is 0 Å². The molecule has 38 heavy (non-hydrogen) atoms. The van der Waals surface area contributed by atoms with Crippen molar-refractivity contribution in [1.29, 1.82) is 0 Å². The molecule has 0 aliphatic heterocycles. The van der Waals surface area contributed by atoms with Gasteiger partial charge in [0.25, 0.3) is 0 Å². The second kappa shape index (κ2) is 10.4. The van der Waals surface area contributed by atoms with Gasteiger partial charge in [0.1, 0.15) is 5.75 Å². The molecule has 3 aliphatic rings. The average Bonchev–Trinajstić information content (AvgIpc) is 3.15. The van der Waals surface area contributed by atoms with Crippen molar-refractivity contribution in [3.8, 4) is 5.75 Å². The highest BCUT2D eigenvalue weighted by Gasteiger charge is 2.64. The van der Waals surface area contributed by atoms with E-state index < -0.39 is 13.9 Å². The number of aryl methyl sites for hydroxylation is 1. The van der Waals surface area contributed by atoms with E-state index in [-0.39, 0.29) is 15.9 Å². The van der Waals surface area contributed by atoms with Crippen LogP contribution in [0.25, 0.3) is 0 Å². The molecule has 0 radical (unpaired) electrons. The van der Waals surface area contributed by atoms with Gasteiger partial charge in [-0.15, -0.1) is 6.58 Å². The molecule has 1 aromatic carbocycles. The van der Waals surface area contributed by atoms with Gasteiger partial charge in [-0.25, -0.2) is 0 Å². The molecule has 4 heteroatoms. The molecule has 0 heterocycles. The lowest BCUT2D eigenvalue weighted by Gasteiger charge is -2.61. The van der Waals surface area contributed by atoms with Gasteiger partial charge in [0.2, 0.25) is 0 Å². The largest absolute Gasteiger partial charge is 0.497 e. The first-order valence-electron chi connectivity index (χ1n) is 15.3. The Morgan fingerprint density at radius 1 is 1.13 bits per heavy atom. The Bertz CT molecular complexity index is 1000. The van der Waals surface area contributed by atoms with E-state index in [1.807, 2.05) is 13.8 Å². The Balaban J connectivity index is 1.72. The Hall–Kier alpha value is -1.10. The van der Waals surface area contributed by atoms with Crippen LogP contribution < -0.4 is 4.74 Å². The number of ether oxygens (including phenoxy) is 1. The molecule has 0 bridgehead atoms. The lowest BCUT2D eigenvalue weighted by Crippen LogP contribution is -2.56. The van der Waals surface area contributed by atoms with Crippen molar-refractivity contribution in [2.45, 2.75) is 135 Å². The zero-order chi connectivity index (χ0) is 28.1. The summed E-state index contributed by atoms with van der Waals surface area (Å²) >= 11 is 0. The molecule has 4 rings (SSSR count). The van der Waals surface area contributed by atoms with E-state index in [1.165, 1.54) is 44.1 Å². The third-order valence-corrected chi connectivity index (χ3v) is 15.9. The van der Waals surface area contributed by atoms with Gasteiger partial charge in [-0.1, -0.05) is 52.7 Å². The Morgan fingerprint density at radius 3 is 2.45 bits per heavy atom. The smallest absolute Gasteiger partial charge is 0.192 e. The fourth-order valence-electron chi connectivity index (χ4n) is 8.48. The van der Waals surface area contributed by atoms with Crippen LogP contribution in [0.2, 0.25) is 18.1 Å². The number of aliphatic hydroxyl groups is 1. The van der Waals surface area contributed by atoms with Crippen LogP contribution in [0.1, 0.15) is 110 Å². The van der Waals surface area contributed by atoms with Crippen molar-refractivity contribution in [3.63, 3.8) is 0 Å². The second-order valence-corrected chi connectivity index (χ2v) is 20.1. The average molecular weight is 541 g/mol. The zero-order valence-corrected chi connectivity index (χ0v) is 27.0. The second-order valence-electron chi connectivity index (χ2n) is 15.4. The van der Waals surface area contributed by atoms with Crippen LogP contribution in [0, 0.1) is 22.7 Å². The highest BCUT2D eigenvalue weighted by molar-refractivity contribution is 6.74. The number of rotatable bonds is 9. The lowest BCUT2D eigenvalue weighted by atomic mass is 9.44. The molecule has 0 aromatic heterocycles. The first kappa shape index (κ1) is 29.9. The Morgan fingerprint density at radius 2 is 1.84 bits per heavy atom. The van der Waals surface area contributed by atoms with Crippen molar-refractivity contribution in [2.24, 2.45) is 22.7 Å². The fraction of sp³-hybridized carbons (Fsp3) is 0.765. The molecule has 0 amide bonds. The Kier molecular flexibility index (Phi) is 8.16. The van der Waals surface area contributed by atoms with Gasteiger partial charge in [0.05, 0.1) is 18.8 Å². The summed E-state index contributed by atoms with van der Waals surface area (Å²) in [4.78, 5) is 0. The topological polar surface area (TPSA) is 38.7 Å². The molecule has 1 N–H and O–H groups in total. The summed E-state index contributed by atoms with van der Waals surface area (Å²) in [5.74, 6) is 2.67. The highest BCUT2D eigenvalue weighted by atomic mass is 28.4. The molecule has 2 fully saturated rings. The first-order chi connectivity index (χ1) is 17.6. The molecule has 1 unspecified atom stereocenters. The van der Waals surface area contributed by atoms with Crippen LogP contribution in [-0.4, -0.2) is 32.2 Å². The summed E-state index contributed by atoms with van der Waals surface area (Å²) in [6.07, 6.45) is 13.0. The highest BCUT2D eigenvalue weighted by Crippen LogP contribution is 2.70. The predicted octanol–water partition coefficient (Wildman–Crippen LogP) is 9.06. The van der Waals surface area contributed by atoms with Crippen LogP contribution in [0.5, 0.6) is 5.75 Å². The van der Waals surface area contributed by atoms with Gasteiger partial charge >= 0.3 is 0 Å². The van der Waals surface area contributed by atoms with Gasteiger partial charge in [-0.2, -0.15) is 0 Å². The maximum absolute atomic E-state index is 10.3. The minimum Gasteiger partial charge on any atom is -0.497 e. The molecule has 0 spiro atoms. The Labute approximate surface area is 234 Å². The molecule has 3 nitrogen and oxygen atoms in total. The van der Waals surface area contributed by atoms with Gasteiger partial charge < -0.3 is 14.3 Å². The molecule has 0 saturated heterocycles.